The number of halogens is 1. The van der Waals surface area contributed by atoms with Crippen LogP contribution in [-0.2, 0) is 16.3 Å². The van der Waals surface area contributed by atoms with E-state index >= 15 is 0 Å². The summed E-state index contributed by atoms with van der Waals surface area (Å²) < 4.78 is 40.4. The van der Waals surface area contributed by atoms with Crippen LogP contribution in [-0.4, -0.2) is 27.0 Å². The Balaban J connectivity index is 2.47. The highest BCUT2D eigenvalue weighted by Crippen LogP contribution is 2.18. The lowest BCUT2D eigenvalue weighted by Gasteiger charge is -2.07. The van der Waals surface area contributed by atoms with Crippen molar-refractivity contribution in [1.29, 1.82) is 0 Å². The van der Waals surface area contributed by atoms with E-state index < -0.39 is 15.7 Å². The van der Waals surface area contributed by atoms with Crippen molar-refractivity contribution in [2.24, 2.45) is 0 Å². The van der Waals surface area contributed by atoms with E-state index in [1.54, 1.807) is 12.1 Å². The Kier molecular flexibility index (Phi) is 4.93. The minimum atomic E-state index is -2.97. The fraction of sp³-hybridized carbons (Fsp3) is 0.500. The molecular formula is C12H17FO3S. The predicted octanol–water partition coefficient (Wildman–Crippen LogP) is 2.20. The zero-order valence-corrected chi connectivity index (χ0v) is 10.9. The Labute approximate surface area is 102 Å². The van der Waals surface area contributed by atoms with Crippen molar-refractivity contribution in [3.05, 3.63) is 29.6 Å². The molecule has 17 heavy (non-hydrogen) atoms. The molecule has 0 saturated carbocycles. The van der Waals surface area contributed by atoms with E-state index in [0.717, 1.165) is 12.0 Å². The SMILES string of the molecule is CCc1ccc(OCCCS(C)(=O)=O)c(F)c1. The first-order chi connectivity index (χ1) is 7.92. The average molecular weight is 260 g/mol. The molecule has 0 aromatic heterocycles. The third-order valence-electron chi connectivity index (χ3n) is 2.32. The molecule has 96 valence electrons. The molecule has 1 aromatic rings. The van der Waals surface area contributed by atoms with Crippen molar-refractivity contribution in [1.82, 2.24) is 0 Å². The van der Waals surface area contributed by atoms with Crippen LogP contribution in [0.25, 0.3) is 0 Å². The molecule has 0 heterocycles. The Morgan fingerprint density at radius 3 is 2.59 bits per heavy atom. The quantitative estimate of drug-likeness (QED) is 0.736. The molecule has 0 amide bonds. The van der Waals surface area contributed by atoms with Gasteiger partial charge in [-0.15, -0.1) is 0 Å². The highest BCUT2D eigenvalue weighted by atomic mass is 32.2. The zero-order valence-electron chi connectivity index (χ0n) is 10.1. The van der Waals surface area contributed by atoms with Gasteiger partial charge in [0.1, 0.15) is 9.84 Å². The summed E-state index contributed by atoms with van der Waals surface area (Å²) >= 11 is 0. The number of rotatable bonds is 6. The van der Waals surface area contributed by atoms with Crippen molar-refractivity contribution in [3.63, 3.8) is 0 Å². The lowest BCUT2D eigenvalue weighted by Crippen LogP contribution is -2.08. The maximum Gasteiger partial charge on any atom is 0.165 e. The van der Waals surface area contributed by atoms with Gasteiger partial charge in [-0.3, -0.25) is 0 Å². The van der Waals surface area contributed by atoms with Crippen LogP contribution in [0.2, 0.25) is 0 Å². The Bertz CT molecular complexity index is 469. The lowest BCUT2D eigenvalue weighted by molar-refractivity contribution is 0.301. The van der Waals surface area contributed by atoms with Gasteiger partial charge in [0.2, 0.25) is 0 Å². The maximum atomic E-state index is 13.5. The van der Waals surface area contributed by atoms with Crippen LogP contribution >= 0.6 is 0 Å². The van der Waals surface area contributed by atoms with Gasteiger partial charge >= 0.3 is 0 Å². The topological polar surface area (TPSA) is 43.4 Å². The fourth-order valence-electron chi connectivity index (χ4n) is 1.38. The van der Waals surface area contributed by atoms with Crippen molar-refractivity contribution in [2.45, 2.75) is 19.8 Å². The highest BCUT2D eigenvalue weighted by Gasteiger charge is 2.05. The Morgan fingerprint density at radius 1 is 1.35 bits per heavy atom. The number of aryl methyl sites for hydroxylation is 1. The summed E-state index contributed by atoms with van der Waals surface area (Å²) in [4.78, 5) is 0. The molecule has 0 spiro atoms. The number of sulfone groups is 1. The number of hydrogen-bond donors (Lipinski definition) is 0. The Hall–Kier alpha value is -1.10. The largest absolute Gasteiger partial charge is 0.490 e. The molecule has 0 N–H and O–H groups in total. The summed E-state index contributed by atoms with van der Waals surface area (Å²) in [6.07, 6.45) is 2.31. The van der Waals surface area contributed by atoms with Gasteiger partial charge in [-0.25, -0.2) is 12.8 Å². The van der Waals surface area contributed by atoms with Crippen LogP contribution < -0.4 is 4.74 Å². The van der Waals surface area contributed by atoms with Crippen molar-refractivity contribution in [3.8, 4) is 5.75 Å². The second kappa shape index (κ2) is 6.00. The standard InChI is InChI=1S/C12H17FO3S/c1-3-10-5-6-12(11(13)9-10)16-7-4-8-17(2,14)15/h5-6,9H,3-4,7-8H2,1-2H3. The van der Waals surface area contributed by atoms with Crippen molar-refractivity contribution < 1.29 is 17.5 Å². The van der Waals surface area contributed by atoms with E-state index in [0.29, 0.717) is 6.42 Å². The summed E-state index contributed by atoms with van der Waals surface area (Å²) in [5.74, 6) is -0.166. The number of ether oxygens (including phenoxy) is 1. The normalized spacial score (nSPS) is 11.5. The van der Waals surface area contributed by atoms with Gasteiger partial charge in [0.15, 0.2) is 11.6 Å². The van der Waals surface area contributed by atoms with Gasteiger partial charge < -0.3 is 4.74 Å². The zero-order chi connectivity index (χ0) is 12.9. The minimum absolute atomic E-state index is 0.0572. The molecule has 0 atom stereocenters. The van der Waals surface area contributed by atoms with E-state index in [1.807, 2.05) is 6.92 Å². The van der Waals surface area contributed by atoms with E-state index in [9.17, 15) is 12.8 Å². The van der Waals surface area contributed by atoms with E-state index in [4.69, 9.17) is 4.74 Å². The number of hydrogen-bond acceptors (Lipinski definition) is 3. The molecule has 0 fully saturated rings. The molecule has 1 aromatic carbocycles. The highest BCUT2D eigenvalue weighted by molar-refractivity contribution is 7.90. The molecule has 0 bridgehead atoms. The van der Waals surface area contributed by atoms with Crippen molar-refractivity contribution in [2.75, 3.05) is 18.6 Å². The van der Waals surface area contributed by atoms with Crippen LogP contribution in [0, 0.1) is 5.82 Å². The molecule has 0 radical (unpaired) electrons. The average Bonchev–Trinajstić information content (AvgIpc) is 2.24. The summed E-state index contributed by atoms with van der Waals surface area (Å²) in [5, 5.41) is 0. The van der Waals surface area contributed by atoms with Crippen LogP contribution in [0.1, 0.15) is 18.9 Å². The summed E-state index contributed by atoms with van der Waals surface area (Å²) in [6.45, 7) is 2.15. The van der Waals surface area contributed by atoms with Crippen LogP contribution in [0.4, 0.5) is 4.39 Å². The Morgan fingerprint density at radius 2 is 2.06 bits per heavy atom. The van der Waals surface area contributed by atoms with Crippen molar-refractivity contribution >= 4 is 9.84 Å². The molecule has 3 nitrogen and oxygen atoms in total. The van der Waals surface area contributed by atoms with Gasteiger partial charge in [0, 0.05) is 6.26 Å². The molecule has 0 aliphatic rings. The first kappa shape index (κ1) is 14.0. The summed E-state index contributed by atoms with van der Waals surface area (Å²) in [5.41, 5.74) is 0.908. The third kappa shape index (κ3) is 5.17. The molecule has 0 aliphatic carbocycles. The van der Waals surface area contributed by atoms with Gasteiger partial charge in [-0.2, -0.15) is 0 Å². The first-order valence-electron chi connectivity index (χ1n) is 5.51. The molecule has 0 unspecified atom stereocenters. The predicted molar refractivity (Wildman–Crippen MR) is 65.6 cm³/mol. The van der Waals surface area contributed by atoms with E-state index in [1.165, 1.54) is 12.3 Å². The minimum Gasteiger partial charge on any atom is -0.490 e. The second-order valence-electron chi connectivity index (χ2n) is 3.95. The summed E-state index contributed by atoms with van der Waals surface area (Å²) in [6, 6.07) is 4.81. The van der Waals surface area contributed by atoms with E-state index in [2.05, 4.69) is 0 Å². The van der Waals surface area contributed by atoms with E-state index in [-0.39, 0.29) is 18.1 Å². The third-order valence-corrected chi connectivity index (χ3v) is 3.35. The monoisotopic (exact) mass is 260 g/mol. The van der Waals surface area contributed by atoms with Gasteiger partial charge in [-0.1, -0.05) is 13.0 Å². The molecular weight excluding hydrogens is 243 g/mol. The summed E-state index contributed by atoms with van der Waals surface area (Å²) in [7, 11) is -2.97. The molecule has 0 aliphatic heterocycles. The second-order valence-corrected chi connectivity index (χ2v) is 6.21. The first-order valence-corrected chi connectivity index (χ1v) is 7.57. The molecule has 0 saturated heterocycles. The molecule has 1 rings (SSSR count). The smallest absolute Gasteiger partial charge is 0.165 e. The molecule has 5 heteroatoms. The lowest BCUT2D eigenvalue weighted by atomic mass is 10.1. The maximum absolute atomic E-state index is 13.5. The fourth-order valence-corrected chi connectivity index (χ4v) is 2.03. The van der Waals surface area contributed by atoms with Crippen LogP contribution in [0.5, 0.6) is 5.75 Å². The van der Waals surface area contributed by atoms with Gasteiger partial charge in [0.05, 0.1) is 12.4 Å². The van der Waals surface area contributed by atoms with Gasteiger partial charge in [0.25, 0.3) is 0 Å². The van der Waals surface area contributed by atoms with Crippen LogP contribution in [0.3, 0.4) is 0 Å². The number of benzene rings is 1. The van der Waals surface area contributed by atoms with Gasteiger partial charge in [-0.05, 0) is 30.5 Å². The van der Waals surface area contributed by atoms with Crippen LogP contribution in [0.15, 0.2) is 18.2 Å².